The normalized spacial score (nSPS) is 8.10. The number of hydrogen-bond donors (Lipinski definition) is 0. The van der Waals surface area contributed by atoms with E-state index in [1.165, 1.54) is 57.8 Å². The maximum Gasteiger partial charge on any atom is 4.00 e. The van der Waals surface area contributed by atoms with Gasteiger partial charge in [-0.05, 0) is 0 Å². The minimum atomic E-state index is 0. The second-order valence-corrected chi connectivity index (χ2v) is 4.68. The van der Waals surface area contributed by atoms with Crippen LogP contribution in [0.15, 0.2) is 0 Å². The monoisotopic (exact) mass is 452 g/mol. The molecular weight excluding hydrogens is 411 g/mol. The first-order chi connectivity index (χ1) is 8.74. The van der Waals surface area contributed by atoms with Gasteiger partial charge in [-0.2, -0.15) is 19.3 Å². The van der Waals surface area contributed by atoms with Crippen LogP contribution in [0.3, 0.4) is 0 Å². The Balaban J connectivity index is -0.0000000536. The van der Waals surface area contributed by atoms with Gasteiger partial charge in [0.15, 0.2) is 0 Å². The van der Waals surface area contributed by atoms with E-state index in [9.17, 15) is 0 Å². The predicted molar refractivity (Wildman–Crippen MR) is 90.4 cm³/mol. The van der Waals surface area contributed by atoms with Crippen LogP contribution in [-0.4, -0.2) is 5.48 Å². The second kappa shape index (κ2) is 42.7. The van der Waals surface area contributed by atoms with Crippen molar-refractivity contribution in [2.45, 2.75) is 97.8 Å². The zero-order valence-corrected chi connectivity index (χ0v) is 18.1. The molecule has 1 N–H and O–H groups in total. The fraction of sp³-hybridized carbons (Fsp3) is 0.833. The van der Waals surface area contributed by atoms with Crippen LogP contribution in [0.4, 0.5) is 0 Å². The van der Waals surface area contributed by atoms with E-state index in [1.807, 2.05) is 0 Å². The summed E-state index contributed by atoms with van der Waals surface area (Å²) in [6.45, 7) is 17.8. The van der Waals surface area contributed by atoms with Crippen molar-refractivity contribution in [2.24, 2.45) is 0 Å². The third-order valence-electron chi connectivity index (χ3n) is 2.56. The Morgan fingerprint density at radius 2 is 0.700 bits per heavy atom. The first-order valence-electron chi connectivity index (χ1n) is 8.12. The van der Waals surface area contributed by atoms with E-state index in [2.05, 4.69) is 41.5 Å². The SMILES string of the molecule is [CH2-]CCCCC.[CH2-]CCCCC.[CH2-]CCCCC.[Hf+4].[OH-]. The Morgan fingerprint density at radius 1 is 0.500 bits per heavy atom. The summed E-state index contributed by atoms with van der Waals surface area (Å²) in [5.74, 6) is 0. The largest absolute Gasteiger partial charge is 4.00 e. The van der Waals surface area contributed by atoms with Crippen LogP contribution in [0.1, 0.15) is 97.8 Å². The Hall–Kier alpha value is 0.830. The van der Waals surface area contributed by atoms with Gasteiger partial charge in [0.25, 0.3) is 0 Å². The van der Waals surface area contributed by atoms with Crippen LogP contribution in [0, 0.1) is 20.8 Å². The molecule has 0 aliphatic rings. The molecule has 20 heavy (non-hydrogen) atoms. The number of hydrogen-bond acceptors (Lipinski definition) is 1. The van der Waals surface area contributed by atoms with Gasteiger partial charge in [0.2, 0.25) is 0 Å². The van der Waals surface area contributed by atoms with Crippen molar-refractivity contribution in [2.75, 3.05) is 0 Å². The predicted octanol–water partition coefficient (Wildman–Crippen LogP) is 7.02. The fourth-order valence-corrected chi connectivity index (χ4v) is 1.28. The average molecular weight is 451 g/mol. The van der Waals surface area contributed by atoms with Gasteiger partial charge in [-0.1, -0.05) is 78.6 Å². The molecule has 0 unspecified atom stereocenters. The van der Waals surface area contributed by atoms with E-state index in [0.717, 1.165) is 19.3 Å². The van der Waals surface area contributed by atoms with Crippen LogP contribution in [-0.2, 0) is 25.8 Å². The smallest absolute Gasteiger partial charge is 0.870 e. The molecule has 122 valence electrons. The van der Waals surface area contributed by atoms with Gasteiger partial charge >= 0.3 is 25.8 Å². The van der Waals surface area contributed by atoms with E-state index in [1.54, 1.807) is 0 Å². The molecule has 0 aromatic heterocycles. The third kappa shape index (κ3) is 62.0. The average Bonchev–Trinajstić information content (AvgIpc) is 2.42. The molecule has 0 aliphatic heterocycles. The van der Waals surface area contributed by atoms with Crippen molar-refractivity contribution in [3.05, 3.63) is 20.8 Å². The summed E-state index contributed by atoms with van der Waals surface area (Å²) in [7, 11) is 0. The molecule has 0 fully saturated rings. The van der Waals surface area contributed by atoms with Crippen molar-refractivity contribution in [1.82, 2.24) is 0 Å². The summed E-state index contributed by atoms with van der Waals surface area (Å²) in [5.41, 5.74) is 0. The molecule has 0 atom stereocenters. The Labute approximate surface area is 149 Å². The minimum absolute atomic E-state index is 0. The van der Waals surface area contributed by atoms with E-state index in [-0.39, 0.29) is 31.3 Å². The van der Waals surface area contributed by atoms with Gasteiger partial charge in [-0.3, -0.25) is 0 Å². The molecule has 1 nitrogen and oxygen atoms in total. The summed E-state index contributed by atoms with van der Waals surface area (Å²) in [5, 5.41) is 0. The van der Waals surface area contributed by atoms with Crippen molar-refractivity contribution < 1.29 is 31.3 Å². The van der Waals surface area contributed by atoms with Crippen molar-refractivity contribution in [1.29, 1.82) is 0 Å². The Morgan fingerprint density at radius 3 is 0.750 bits per heavy atom. The zero-order valence-electron chi connectivity index (χ0n) is 14.6. The molecule has 0 radical (unpaired) electrons. The van der Waals surface area contributed by atoms with Gasteiger partial charge in [0, 0.05) is 0 Å². The molecule has 0 saturated carbocycles. The quantitative estimate of drug-likeness (QED) is 0.211. The Kier molecular flexibility index (Phi) is 69.8. The first kappa shape index (κ1) is 32.7. The molecule has 0 saturated heterocycles. The minimum Gasteiger partial charge on any atom is -0.870 e. The van der Waals surface area contributed by atoms with E-state index in [4.69, 9.17) is 0 Å². The first-order valence-corrected chi connectivity index (χ1v) is 8.12. The van der Waals surface area contributed by atoms with Gasteiger partial charge in [-0.25, -0.2) is 0 Å². The van der Waals surface area contributed by atoms with Gasteiger partial charge in [-0.15, -0.1) is 0 Å². The van der Waals surface area contributed by atoms with Gasteiger partial charge in [0.1, 0.15) is 0 Å². The van der Waals surface area contributed by atoms with Crippen molar-refractivity contribution in [3.63, 3.8) is 0 Å². The molecule has 0 aromatic carbocycles. The molecule has 0 bridgehead atoms. The molecule has 0 aromatic rings. The van der Waals surface area contributed by atoms with Crippen LogP contribution in [0.2, 0.25) is 0 Å². The summed E-state index contributed by atoms with van der Waals surface area (Å²) in [6, 6.07) is 0. The molecule has 0 aliphatic carbocycles. The van der Waals surface area contributed by atoms with E-state index >= 15 is 0 Å². The Bertz CT molecular complexity index is 66.4. The van der Waals surface area contributed by atoms with Crippen LogP contribution in [0.25, 0.3) is 0 Å². The maximum absolute atomic E-state index is 3.72. The van der Waals surface area contributed by atoms with E-state index < -0.39 is 0 Å². The summed E-state index contributed by atoms with van der Waals surface area (Å²) in [4.78, 5) is 0. The second-order valence-electron chi connectivity index (χ2n) is 4.68. The van der Waals surface area contributed by atoms with Crippen LogP contribution < -0.4 is 0 Å². The number of unbranched alkanes of at least 4 members (excludes halogenated alkanes) is 9. The topological polar surface area (TPSA) is 30.0 Å². The van der Waals surface area contributed by atoms with E-state index in [0.29, 0.717) is 0 Å². The molecule has 0 amide bonds. The summed E-state index contributed by atoms with van der Waals surface area (Å²) < 4.78 is 0. The molecule has 0 spiro atoms. The molecule has 2 heteroatoms. The summed E-state index contributed by atoms with van der Waals surface area (Å²) >= 11 is 0. The molecule has 0 heterocycles. The van der Waals surface area contributed by atoms with Crippen LogP contribution >= 0.6 is 0 Å². The van der Waals surface area contributed by atoms with Crippen molar-refractivity contribution >= 4 is 0 Å². The standard InChI is InChI=1S/3C6H13.Hf.H2O/c3*1-3-5-6-4-2;;/h3*1,3-6H2,2H3;;1H2/q3*-1;+4;/p-1. The summed E-state index contributed by atoms with van der Waals surface area (Å²) in [6.07, 6.45) is 15.2. The van der Waals surface area contributed by atoms with Gasteiger partial charge in [0.05, 0.1) is 0 Å². The number of rotatable bonds is 9. The van der Waals surface area contributed by atoms with Crippen LogP contribution in [0.5, 0.6) is 0 Å². The molecule has 0 rings (SSSR count). The zero-order chi connectivity index (χ0) is 14.5. The maximum atomic E-state index is 3.72. The molecular formula is C18H40HfO. The van der Waals surface area contributed by atoms with Gasteiger partial charge < -0.3 is 26.2 Å². The fourth-order valence-electron chi connectivity index (χ4n) is 1.28. The van der Waals surface area contributed by atoms with Crippen molar-refractivity contribution in [3.8, 4) is 0 Å². The third-order valence-corrected chi connectivity index (χ3v) is 2.56.